The molecule has 10 heteroatoms. The van der Waals surface area contributed by atoms with Crippen LogP contribution in [0.3, 0.4) is 0 Å². The highest BCUT2D eigenvalue weighted by molar-refractivity contribution is 5.58. The van der Waals surface area contributed by atoms with Gasteiger partial charge in [-0.2, -0.15) is 13.2 Å². The van der Waals surface area contributed by atoms with Crippen molar-refractivity contribution >= 4 is 5.69 Å². The highest BCUT2D eigenvalue weighted by atomic mass is 19.4. The Hall–Kier alpha value is -2.78. The minimum atomic E-state index is -4.56. The van der Waals surface area contributed by atoms with Gasteiger partial charge in [0.1, 0.15) is 24.1 Å². The third-order valence-electron chi connectivity index (χ3n) is 3.09. The van der Waals surface area contributed by atoms with Crippen LogP contribution in [-0.4, -0.2) is 21.6 Å². The van der Waals surface area contributed by atoms with E-state index in [9.17, 15) is 22.8 Å². The number of nitrogens with zero attached hydrogens (tertiary/aromatic N) is 1. The van der Waals surface area contributed by atoms with Crippen LogP contribution in [0.25, 0.3) is 0 Å². The maximum atomic E-state index is 12.6. The van der Waals surface area contributed by atoms with Crippen molar-refractivity contribution in [1.29, 1.82) is 0 Å². The molecule has 0 saturated carbocycles. The van der Waals surface area contributed by atoms with Crippen LogP contribution in [0.4, 0.5) is 18.9 Å². The van der Waals surface area contributed by atoms with Crippen molar-refractivity contribution in [1.82, 2.24) is 15.0 Å². The zero-order chi connectivity index (χ0) is 15.9. The summed E-state index contributed by atoms with van der Waals surface area (Å²) in [6.45, 7) is -0.0176. The number of halogens is 3. The van der Waals surface area contributed by atoms with Gasteiger partial charge in [0.2, 0.25) is 0 Å². The van der Waals surface area contributed by atoms with E-state index < -0.39 is 29.0 Å². The second-order valence-corrected chi connectivity index (χ2v) is 4.60. The lowest BCUT2D eigenvalue weighted by molar-refractivity contribution is -0.141. The molecule has 1 atom stereocenters. The number of pyridine rings is 1. The van der Waals surface area contributed by atoms with E-state index in [1.807, 2.05) is 0 Å². The van der Waals surface area contributed by atoms with Gasteiger partial charge in [0.05, 0.1) is 17.6 Å². The molecule has 0 saturated heterocycles. The molecular formula is C12H9F3N4O3. The molecule has 22 heavy (non-hydrogen) atoms. The van der Waals surface area contributed by atoms with Crippen LogP contribution < -0.4 is 21.2 Å². The summed E-state index contributed by atoms with van der Waals surface area (Å²) in [6.07, 6.45) is -2.25. The molecule has 0 radical (unpaired) electrons. The van der Waals surface area contributed by atoms with Gasteiger partial charge in [-0.15, -0.1) is 0 Å². The zero-order valence-electron chi connectivity index (χ0n) is 10.8. The van der Waals surface area contributed by atoms with Gasteiger partial charge in [0.15, 0.2) is 0 Å². The molecule has 0 amide bonds. The van der Waals surface area contributed by atoms with Gasteiger partial charge in [-0.25, -0.2) is 4.98 Å². The number of hydrogen-bond donors (Lipinski definition) is 3. The van der Waals surface area contributed by atoms with Gasteiger partial charge in [-0.3, -0.25) is 9.59 Å². The molecule has 2 aromatic heterocycles. The molecule has 7 nitrogen and oxygen atoms in total. The molecule has 1 aliphatic rings. The molecule has 2 aromatic rings. The van der Waals surface area contributed by atoms with Crippen molar-refractivity contribution in [3.05, 3.63) is 50.6 Å². The molecule has 0 aliphatic carbocycles. The molecule has 1 unspecified atom stereocenters. The summed E-state index contributed by atoms with van der Waals surface area (Å²) in [5, 5.41) is 2.89. The summed E-state index contributed by atoms with van der Waals surface area (Å²) < 4.78 is 43.0. The molecule has 1 aliphatic heterocycles. The summed E-state index contributed by atoms with van der Waals surface area (Å²) in [5.41, 5.74) is -2.07. The third-order valence-corrected chi connectivity index (χ3v) is 3.09. The quantitative estimate of drug-likeness (QED) is 0.683. The molecule has 0 aromatic carbocycles. The maximum absolute atomic E-state index is 12.6. The zero-order valence-corrected chi connectivity index (χ0v) is 10.8. The number of rotatable bonds is 1. The van der Waals surface area contributed by atoms with Crippen molar-refractivity contribution < 1.29 is 17.9 Å². The lowest BCUT2D eigenvalue weighted by atomic mass is 10.1. The Bertz CT molecular complexity index is 827. The average Bonchev–Trinajstić information content (AvgIpc) is 2.48. The van der Waals surface area contributed by atoms with E-state index >= 15 is 0 Å². The smallest absolute Gasteiger partial charge is 0.433 e. The largest absolute Gasteiger partial charge is 0.489 e. The molecule has 3 N–H and O–H groups in total. The normalized spacial score (nSPS) is 17.3. The predicted octanol–water partition coefficient (Wildman–Crippen LogP) is 1.02. The summed E-state index contributed by atoms with van der Waals surface area (Å²) in [7, 11) is 0. The van der Waals surface area contributed by atoms with Gasteiger partial charge in [-0.05, 0) is 0 Å². The Labute approximate surface area is 120 Å². The van der Waals surface area contributed by atoms with Crippen LogP contribution in [0.15, 0.2) is 28.0 Å². The number of fused-ring (bicyclic) bond motifs is 1. The minimum Gasteiger partial charge on any atom is -0.489 e. The van der Waals surface area contributed by atoms with Crippen LogP contribution in [0, 0.1) is 0 Å². The van der Waals surface area contributed by atoms with Gasteiger partial charge in [0.25, 0.3) is 0 Å². The number of ether oxygens (including phenoxy) is 1. The molecule has 0 spiro atoms. The highest BCUT2D eigenvalue weighted by Gasteiger charge is 2.34. The van der Waals surface area contributed by atoms with Crippen molar-refractivity contribution in [2.24, 2.45) is 0 Å². The van der Waals surface area contributed by atoms with E-state index in [1.54, 1.807) is 0 Å². The minimum absolute atomic E-state index is 0.0176. The van der Waals surface area contributed by atoms with E-state index in [1.165, 1.54) is 6.20 Å². The number of alkyl halides is 3. The predicted molar refractivity (Wildman–Crippen MR) is 68.8 cm³/mol. The van der Waals surface area contributed by atoms with Crippen LogP contribution in [-0.2, 0) is 6.18 Å². The first-order chi connectivity index (χ1) is 10.3. The van der Waals surface area contributed by atoms with Crippen molar-refractivity contribution in [2.45, 2.75) is 12.2 Å². The molecule has 116 valence electrons. The Balaban J connectivity index is 1.89. The van der Waals surface area contributed by atoms with Crippen LogP contribution in [0.1, 0.15) is 17.4 Å². The van der Waals surface area contributed by atoms with Gasteiger partial charge < -0.3 is 20.0 Å². The fourth-order valence-corrected chi connectivity index (χ4v) is 2.01. The van der Waals surface area contributed by atoms with E-state index in [2.05, 4.69) is 20.3 Å². The standard InChI is InChI=1S/C12H9F3N4O3/c13-12(14,15)9-1-8-6(3-16-9)18-7(4-22-8)5-2-17-10(20)11(21)19-5/h1-3,7,18H,4H2,(H,17,20)(H,19,21). The maximum Gasteiger partial charge on any atom is 0.433 e. The average molecular weight is 314 g/mol. The topological polar surface area (TPSA) is 99.9 Å². The van der Waals surface area contributed by atoms with E-state index in [4.69, 9.17) is 4.74 Å². The molecule has 0 bridgehead atoms. The Morgan fingerprint density at radius 2 is 2.05 bits per heavy atom. The van der Waals surface area contributed by atoms with Gasteiger partial charge in [-0.1, -0.05) is 0 Å². The SMILES string of the molecule is O=c1[nH]cc(C2COc3cc(C(F)(F)F)ncc3N2)[nH]c1=O. The lowest BCUT2D eigenvalue weighted by Crippen LogP contribution is -2.33. The molecule has 0 fully saturated rings. The van der Waals surface area contributed by atoms with Crippen molar-refractivity contribution in [3.63, 3.8) is 0 Å². The number of H-pyrrole nitrogens is 2. The molecule has 3 rings (SSSR count). The Morgan fingerprint density at radius 3 is 2.73 bits per heavy atom. The lowest BCUT2D eigenvalue weighted by Gasteiger charge is -2.27. The fourth-order valence-electron chi connectivity index (χ4n) is 2.01. The van der Waals surface area contributed by atoms with E-state index in [0.717, 1.165) is 12.3 Å². The third kappa shape index (κ3) is 2.54. The fraction of sp³-hybridized carbons (Fsp3) is 0.250. The monoisotopic (exact) mass is 314 g/mol. The van der Waals surface area contributed by atoms with Crippen molar-refractivity contribution in [2.75, 3.05) is 11.9 Å². The first kappa shape index (κ1) is 14.2. The second-order valence-electron chi connectivity index (χ2n) is 4.60. The summed E-state index contributed by atoms with van der Waals surface area (Å²) in [5.74, 6) is 0.0188. The number of anilines is 1. The summed E-state index contributed by atoms with van der Waals surface area (Å²) in [4.78, 5) is 30.2. The second kappa shape index (κ2) is 4.90. The summed E-state index contributed by atoms with van der Waals surface area (Å²) in [6, 6.07) is 0.268. The highest BCUT2D eigenvalue weighted by Crippen LogP contribution is 2.36. The number of aromatic nitrogens is 3. The molecule has 3 heterocycles. The Morgan fingerprint density at radius 1 is 1.27 bits per heavy atom. The first-order valence-corrected chi connectivity index (χ1v) is 6.13. The number of hydrogen-bond acceptors (Lipinski definition) is 5. The first-order valence-electron chi connectivity index (χ1n) is 6.13. The van der Waals surface area contributed by atoms with Gasteiger partial charge in [0, 0.05) is 12.3 Å². The number of nitrogens with one attached hydrogen (secondary N) is 3. The van der Waals surface area contributed by atoms with Crippen LogP contribution in [0.2, 0.25) is 0 Å². The van der Waals surface area contributed by atoms with E-state index in [-0.39, 0.29) is 18.0 Å². The Kier molecular flexibility index (Phi) is 3.15. The molecular weight excluding hydrogens is 305 g/mol. The van der Waals surface area contributed by atoms with Gasteiger partial charge >= 0.3 is 17.3 Å². The van der Waals surface area contributed by atoms with Crippen LogP contribution in [0.5, 0.6) is 5.75 Å². The van der Waals surface area contributed by atoms with Crippen LogP contribution >= 0.6 is 0 Å². The summed E-state index contributed by atoms with van der Waals surface area (Å²) >= 11 is 0. The van der Waals surface area contributed by atoms with Crippen molar-refractivity contribution in [3.8, 4) is 5.75 Å². The van der Waals surface area contributed by atoms with E-state index in [0.29, 0.717) is 5.69 Å². The number of aromatic amines is 2.